The van der Waals surface area contributed by atoms with Gasteiger partial charge in [0.2, 0.25) is 0 Å². The van der Waals surface area contributed by atoms with Gasteiger partial charge in [0.05, 0.1) is 0 Å². The van der Waals surface area contributed by atoms with Gasteiger partial charge in [-0.25, -0.2) is 0 Å². The quantitative estimate of drug-likeness (QED) is 0.272. The predicted molar refractivity (Wildman–Crippen MR) is 30.4 cm³/mol. The first-order valence-corrected chi connectivity index (χ1v) is 1.82. The number of hydrogen-bond acceptors (Lipinski definition) is 3. The summed E-state index contributed by atoms with van der Waals surface area (Å²) < 4.78 is 3.97. The zero-order valence-corrected chi connectivity index (χ0v) is 7.14. The zero-order chi connectivity index (χ0) is 5.86. The van der Waals surface area contributed by atoms with Gasteiger partial charge in [0.25, 0.3) is 0 Å². The van der Waals surface area contributed by atoms with E-state index in [1.165, 1.54) is 13.8 Å². The van der Waals surface area contributed by atoms with Gasteiger partial charge in [0, 0.05) is 13.8 Å². The molecule has 0 aliphatic rings. The van der Waals surface area contributed by atoms with Crippen molar-refractivity contribution in [1.82, 2.24) is 0 Å². The van der Waals surface area contributed by atoms with Crippen LogP contribution in [0.2, 0.25) is 0 Å². The third-order valence-electron chi connectivity index (χ3n) is 0.287. The van der Waals surface area contributed by atoms with Gasteiger partial charge in [-0.1, -0.05) is 0 Å². The Labute approximate surface area is 80.4 Å². The van der Waals surface area contributed by atoms with Crippen molar-refractivity contribution in [1.29, 1.82) is 0 Å². The smallest absolute Gasteiger partial charge is 1.00 e. The molecule has 0 rings (SSSR count). The van der Waals surface area contributed by atoms with Crippen LogP contribution in [0.15, 0.2) is 0 Å². The largest absolute Gasteiger partial charge is 2.00 e. The van der Waals surface area contributed by atoms with Crippen LogP contribution in [0.4, 0.5) is 0 Å². The number of hydrogen-bond donors (Lipinski definition) is 0. The SMILES string of the molecule is CC(=O)OC(C)=O.[Ca+2].[H-].[H-]. The first kappa shape index (κ1) is 11.2. The topological polar surface area (TPSA) is 43.4 Å². The average molecular weight is 144 g/mol. The van der Waals surface area contributed by atoms with Gasteiger partial charge in [-0.2, -0.15) is 0 Å². The van der Waals surface area contributed by atoms with E-state index in [9.17, 15) is 9.59 Å². The maximum absolute atomic E-state index is 9.81. The van der Waals surface area contributed by atoms with Crippen LogP contribution >= 0.6 is 0 Å². The van der Waals surface area contributed by atoms with Crippen LogP contribution in [0.3, 0.4) is 0 Å². The molecule has 0 amide bonds. The van der Waals surface area contributed by atoms with Crippen molar-refractivity contribution in [2.75, 3.05) is 0 Å². The summed E-state index contributed by atoms with van der Waals surface area (Å²) >= 11 is 0. The molecule has 0 radical (unpaired) electrons. The predicted octanol–water partition coefficient (Wildman–Crippen LogP) is -0.0598. The summed E-state index contributed by atoms with van der Waals surface area (Å²) in [4.78, 5) is 19.6. The normalized spacial score (nSPS) is 6.75. The fourth-order valence-electron chi connectivity index (χ4n) is 0.202. The molecule has 0 saturated carbocycles. The van der Waals surface area contributed by atoms with E-state index in [1.54, 1.807) is 0 Å². The molecule has 0 spiro atoms. The maximum Gasteiger partial charge on any atom is 2.00 e. The van der Waals surface area contributed by atoms with E-state index in [4.69, 9.17) is 0 Å². The second kappa shape index (κ2) is 5.53. The Morgan fingerprint density at radius 1 is 1.25 bits per heavy atom. The van der Waals surface area contributed by atoms with Crippen molar-refractivity contribution in [3.8, 4) is 0 Å². The molecule has 0 bridgehead atoms. The van der Waals surface area contributed by atoms with Crippen molar-refractivity contribution >= 4 is 49.7 Å². The Balaban J connectivity index is -0.0000000600. The molecule has 8 heavy (non-hydrogen) atoms. The third-order valence-corrected chi connectivity index (χ3v) is 0.287. The van der Waals surface area contributed by atoms with Gasteiger partial charge >= 0.3 is 49.7 Å². The van der Waals surface area contributed by atoms with E-state index in [2.05, 4.69) is 4.74 Å². The molecule has 0 aromatic carbocycles. The maximum atomic E-state index is 9.81. The van der Waals surface area contributed by atoms with Gasteiger partial charge in [-0.05, 0) is 0 Å². The first-order chi connectivity index (χ1) is 3.13. The molecule has 0 unspecified atom stereocenters. The van der Waals surface area contributed by atoms with E-state index < -0.39 is 11.9 Å². The molecule has 0 aliphatic heterocycles. The average Bonchev–Trinajstić information content (AvgIpc) is 1.27. The summed E-state index contributed by atoms with van der Waals surface area (Å²) in [6.07, 6.45) is 0. The van der Waals surface area contributed by atoms with Gasteiger partial charge in [0.1, 0.15) is 0 Å². The minimum atomic E-state index is -0.562. The molecular weight excluding hydrogens is 136 g/mol. The molecule has 4 heteroatoms. The minimum absolute atomic E-state index is 0. The Morgan fingerprint density at radius 2 is 1.50 bits per heavy atom. The molecule has 0 atom stereocenters. The van der Waals surface area contributed by atoms with Gasteiger partial charge < -0.3 is 7.59 Å². The number of ether oxygens (including phenoxy) is 1. The van der Waals surface area contributed by atoms with Crippen LogP contribution < -0.4 is 0 Å². The van der Waals surface area contributed by atoms with E-state index in [0.717, 1.165) is 0 Å². The van der Waals surface area contributed by atoms with Gasteiger partial charge in [-0.15, -0.1) is 0 Å². The van der Waals surface area contributed by atoms with Crippen molar-refractivity contribution in [2.24, 2.45) is 0 Å². The summed E-state index contributed by atoms with van der Waals surface area (Å²) in [6.45, 7) is 2.36. The van der Waals surface area contributed by atoms with Crippen LogP contribution in [0, 0.1) is 0 Å². The van der Waals surface area contributed by atoms with Crippen LogP contribution in [0.25, 0.3) is 0 Å². The van der Waals surface area contributed by atoms with Crippen molar-refractivity contribution in [3.05, 3.63) is 0 Å². The van der Waals surface area contributed by atoms with E-state index in [-0.39, 0.29) is 40.6 Å². The second-order valence-corrected chi connectivity index (χ2v) is 1.09. The second-order valence-electron chi connectivity index (χ2n) is 1.09. The Hall–Kier alpha value is 0.400. The molecule has 3 nitrogen and oxygen atoms in total. The Bertz CT molecular complexity index is 94.7. The molecule has 0 saturated heterocycles. The summed E-state index contributed by atoms with van der Waals surface area (Å²) in [7, 11) is 0. The van der Waals surface area contributed by atoms with Crippen LogP contribution in [-0.4, -0.2) is 49.7 Å². The first-order valence-electron chi connectivity index (χ1n) is 1.82. The van der Waals surface area contributed by atoms with Crippen molar-refractivity contribution < 1.29 is 17.2 Å². The molecule has 0 aromatic rings. The number of esters is 2. The van der Waals surface area contributed by atoms with Crippen molar-refractivity contribution in [2.45, 2.75) is 13.8 Å². The Morgan fingerprint density at radius 3 is 1.50 bits per heavy atom. The zero-order valence-electron chi connectivity index (χ0n) is 6.93. The van der Waals surface area contributed by atoms with E-state index >= 15 is 0 Å². The van der Waals surface area contributed by atoms with Crippen LogP contribution in [0.1, 0.15) is 16.7 Å². The third kappa shape index (κ3) is 9.64. The fourth-order valence-corrected chi connectivity index (χ4v) is 0.202. The Kier molecular flexibility index (Phi) is 7.77. The van der Waals surface area contributed by atoms with Gasteiger partial charge in [-0.3, -0.25) is 9.59 Å². The molecule has 44 valence electrons. The molecule has 0 heterocycles. The molecule has 0 aliphatic carbocycles. The van der Waals surface area contributed by atoms with Crippen LogP contribution in [0.5, 0.6) is 0 Å². The van der Waals surface area contributed by atoms with Crippen LogP contribution in [-0.2, 0) is 14.3 Å². The number of rotatable bonds is 0. The number of carbonyl (C=O) groups excluding carboxylic acids is 2. The van der Waals surface area contributed by atoms with E-state index in [0.29, 0.717) is 0 Å². The van der Waals surface area contributed by atoms with Gasteiger partial charge in [0.15, 0.2) is 0 Å². The fraction of sp³-hybridized carbons (Fsp3) is 0.500. The molecular formula is C4H8CaO3. The summed E-state index contributed by atoms with van der Waals surface area (Å²) in [5, 5.41) is 0. The number of carbonyl (C=O) groups is 2. The standard InChI is InChI=1S/C4H6O3.Ca.2H/c1-3(5)7-4(2)6;;;/h1-2H3;;;/q;+2;2*-1. The van der Waals surface area contributed by atoms with Crippen molar-refractivity contribution in [3.63, 3.8) is 0 Å². The summed E-state index contributed by atoms with van der Waals surface area (Å²) in [6, 6.07) is 0. The monoisotopic (exact) mass is 144 g/mol. The summed E-state index contributed by atoms with van der Waals surface area (Å²) in [5.74, 6) is -1.12. The van der Waals surface area contributed by atoms with E-state index in [1.807, 2.05) is 0 Å². The minimum Gasteiger partial charge on any atom is -1.00 e. The molecule has 0 aromatic heterocycles. The molecule has 0 fully saturated rings. The molecule has 0 N–H and O–H groups in total. The summed E-state index contributed by atoms with van der Waals surface area (Å²) in [5.41, 5.74) is 0.